The van der Waals surface area contributed by atoms with Gasteiger partial charge in [-0.3, -0.25) is 0 Å². The minimum Gasteiger partial charge on any atom is -0.385 e. The Balaban J connectivity index is 2.29. The maximum atomic E-state index is 10.5. The van der Waals surface area contributed by atoms with Crippen LogP contribution >= 0.6 is 0 Å². The van der Waals surface area contributed by atoms with Crippen LogP contribution in [0.1, 0.15) is 43.4 Å². The number of nitrogens with two attached hydrogens (primary N) is 1. The van der Waals surface area contributed by atoms with Crippen LogP contribution in [0.15, 0.2) is 12.3 Å². The van der Waals surface area contributed by atoms with Gasteiger partial charge in [0.15, 0.2) is 0 Å². The number of ether oxygens (including phenoxy) is 1. The monoisotopic (exact) mass is 236 g/mol. The quantitative estimate of drug-likeness (QED) is 0.823. The van der Waals surface area contributed by atoms with Gasteiger partial charge in [0, 0.05) is 18.4 Å². The Hall–Kier alpha value is -1.13. The van der Waals surface area contributed by atoms with Crippen LogP contribution in [-0.4, -0.2) is 22.3 Å². The summed E-state index contributed by atoms with van der Waals surface area (Å²) >= 11 is 0. The van der Waals surface area contributed by atoms with Gasteiger partial charge in [0.1, 0.15) is 11.9 Å². The van der Waals surface area contributed by atoms with Crippen LogP contribution in [0.3, 0.4) is 0 Å². The molecule has 2 atom stereocenters. The van der Waals surface area contributed by atoms with Crippen LogP contribution in [0.25, 0.3) is 0 Å². The molecule has 1 aliphatic heterocycles. The summed E-state index contributed by atoms with van der Waals surface area (Å²) < 4.78 is 5.74. The summed E-state index contributed by atoms with van der Waals surface area (Å²) in [6, 6.07) is 1.89. The van der Waals surface area contributed by atoms with Crippen molar-refractivity contribution < 1.29 is 9.84 Å². The van der Waals surface area contributed by atoms with Crippen LogP contribution in [0.2, 0.25) is 0 Å². The fourth-order valence-corrected chi connectivity index (χ4v) is 2.32. The van der Waals surface area contributed by atoms with E-state index in [1.54, 1.807) is 6.20 Å². The van der Waals surface area contributed by atoms with Gasteiger partial charge in [-0.05, 0) is 44.7 Å². The van der Waals surface area contributed by atoms with E-state index < -0.39 is 11.7 Å². The van der Waals surface area contributed by atoms with Crippen LogP contribution in [0, 0.1) is 6.92 Å². The van der Waals surface area contributed by atoms with E-state index in [0.29, 0.717) is 18.0 Å². The minimum atomic E-state index is -0.713. The third kappa shape index (κ3) is 2.42. The summed E-state index contributed by atoms with van der Waals surface area (Å²) in [6.45, 7) is 4.58. The number of hydrogen-bond acceptors (Lipinski definition) is 4. The average Bonchev–Trinajstić information content (AvgIpc) is 2.32. The number of aliphatic hydroxyl groups excluding tert-OH is 1. The standard InChI is InChI=1S/C13H20N2O2/c1-9-7-10(12(14)15-8-9)11(16)13(2)5-3-4-6-17-13/h7-8,11,16H,3-6H2,1-2H3,(H2,14,15). The molecular weight excluding hydrogens is 216 g/mol. The summed E-state index contributed by atoms with van der Waals surface area (Å²) in [5, 5.41) is 10.5. The summed E-state index contributed by atoms with van der Waals surface area (Å²) in [6.07, 6.45) is 3.98. The SMILES string of the molecule is Cc1cnc(N)c(C(O)C2(C)CCCCO2)c1. The number of rotatable bonds is 2. The molecule has 2 rings (SSSR count). The highest BCUT2D eigenvalue weighted by Gasteiger charge is 2.37. The maximum Gasteiger partial charge on any atom is 0.129 e. The fraction of sp³-hybridized carbons (Fsp3) is 0.615. The lowest BCUT2D eigenvalue weighted by atomic mass is 9.86. The molecule has 0 amide bonds. The molecule has 0 saturated carbocycles. The average molecular weight is 236 g/mol. The van der Waals surface area contributed by atoms with Crippen LogP contribution < -0.4 is 5.73 Å². The molecule has 3 N–H and O–H groups in total. The zero-order chi connectivity index (χ0) is 12.5. The molecule has 1 saturated heterocycles. The Bertz CT molecular complexity index is 400. The predicted octanol–water partition coefficient (Wildman–Crippen LogP) is 1.96. The first-order valence-corrected chi connectivity index (χ1v) is 6.07. The summed E-state index contributed by atoms with van der Waals surface area (Å²) in [7, 11) is 0. The van der Waals surface area contributed by atoms with Crippen LogP contribution in [0.4, 0.5) is 5.82 Å². The highest BCUT2D eigenvalue weighted by atomic mass is 16.5. The smallest absolute Gasteiger partial charge is 0.129 e. The normalized spacial score (nSPS) is 26.8. The molecule has 94 valence electrons. The molecule has 1 aromatic heterocycles. The molecule has 4 heteroatoms. The van der Waals surface area contributed by atoms with E-state index in [4.69, 9.17) is 10.5 Å². The second-order valence-electron chi connectivity index (χ2n) is 5.01. The Morgan fingerprint density at radius 3 is 2.94 bits per heavy atom. The first-order chi connectivity index (χ1) is 8.03. The lowest BCUT2D eigenvalue weighted by Gasteiger charge is -2.38. The summed E-state index contributed by atoms with van der Waals surface area (Å²) in [5.74, 6) is 0.387. The number of anilines is 1. The van der Waals surface area contributed by atoms with Crippen molar-refractivity contribution in [1.29, 1.82) is 0 Å². The number of pyridine rings is 1. The van der Waals surface area contributed by atoms with Gasteiger partial charge in [-0.15, -0.1) is 0 Å². The van der Waals surface area contributed by atoms with E-state index in [2.05, 4.69) is 4.98 Å². The molecule has 2 heterocycles. The Morgan fingerprint density at radius 2 is 2.29 bits per heavy atom. The lowest BCUT2D eigenvalue weighted by molar-refractivity contribution is -0.138. The van der Waals surface area contributed by atoms with Gasteiger partial charge in [0.05, 0.1) is 5.60 Å². The van der Waals surface area contributed by atoms with Gasteiger partial charge >= 0.3 is 0 Å². The van der Waals surface area contributed by atoms with Crippen LogP contribution in [0.5, 0.6) is 0 Å². The van der Waals surface area contributed by atoms with E-state index in [1.807, 2.05) is 19.9 Å². The molecule has 2 unspecified atom stereocenters. The number of nitrogen functional groups attached to an aromatic ring is 1. The number of aromatic nitrogens is 1. The van der Waals surface area contributed by atoms with Gasteiger partial charge in [0.2, 0.25) is 0 Å². The van der Waals surface area contributed by atoms with Gasteiger partial charge in [-0.2, -0.15) is 0 Å². The molecule has 1 aliphatic rings. The third-order valence-electron chi connectivity index (χ3n) is 3.46. The van der Waals surface area contributed by atoms with Crippen molar-refractivity contribution in [1.82, 2.24) is 4.98 Å². The van der Waals surface area contributed by atoms with E-state index in [9.17, 15) is 5.11 Å². The van der Waals surface area contributed by atoms with Gasteiger partial charge in [0.25, 0.3) is 0 Å². The number of aryl methyl sites for hydroxylation is 1. The second-order valence-corrected chi connectivity index (χ2v) is 5.01. The third-order valence-corrected chi connectivity index (χ3v) is 3.46. The number of hydrogen-bond donors (Lipinski definition) is 2. The van der Waals surface area contributed by atoms with Crippen molar-refractivity contribution in [2.45, 2.75) is 44.8 Å². The van der Waals surface area contributed by atoms with E-state index >= 15 is 0 Å². The molecular formula is C13H20N2O2. The minimum absolute atomic E-state index is 0.387. The number of nitrogens with zero attached hydrogens (tertiary/aromatic N) is 1. The molecule has 4 nitrogen and oxygen atoms in total. The predicted molar refractivity (Wildman–Crippen MR) is 66.6 cm³/mol. The van der Waals surface area contributed by atoms with E-state index in [1.165, 1.54) is 0 Å². The Kier molecular flexibility index (Phi) is 3.35. The molecule has 17 heavy (non-hydrogen) atoms. The molecule has 0 radical (unpaired) electrons. The summed E-state index contributed by atoms with van der Waals surface area (Å²) in [5.41, 5.74) is 6.96. The molecule has 0 bridgehead atoms. The number of aliphatic hydroxyl groups is 1. The van der Waals surface area contributed by atoms with Gasteiger partial charge in [-0.1, -0.05) is 0 Å². The van der Waals surface area contributed by atoms with Crippen molar-refractivity contribution >= 4 is 5.82 Å². The van der Waals surface area contributed by atoms with Crippen LogP contribution in [-0.2, 0) is 4.74 Å². The van der Waals surface area contributed by atoms with E-state index in [0.717, 1.165) is 24.8 Å². The van der Waals surface area contributed by atoms with Crippen molar-refractivity contribution in [3.63, 3.8) is 0 Å². The Labute approximate surface area is 102 Å². The van der Waals surface area contributed by atoms with Crippen molar-refractivity contribution in [2.75, 3.05) is 12.3 Å². The first kappa shape index (κ1) is 12.3. The molecule has 0 aliphatic carbocycles. The second kappa shape index (κ2) is 4.63. The highest BCUT2D eigenvalue weighted by molar-refractivity contribution is 5.43. The van der Waals surface area contributed by atoms with Crippen molar-refractivity contribution in [2.24, 2.45) is 0 Å². The maximum absolute atomic E-state index is 10.5. The fourth-order valence-electron chi connectivity index (χ4n) is 2.32. The van der Waals surface area contributed by atoms with Gasteiger partial charge in [-0.25, -0.2) is 4.98 Å². The molecule has 0 aromatic carbocycles. The zero-order valence-corrected chi connectivity index (χ0v) is 10.4. The van der Waals surface area contributed by atoms with Gasteiger partial charge < -0.3 is 15.6 Å². The highest BCUT2D eigenvalue weighted by Crippen LogP contribution is 2.38. The molecule has 1 aromatic rings. The zero-order valence-electron chi connectivity index (χ0n) is 10.4. The Morgan fingerprint density at radius 1 is 1.53 bits per heavy atom. The van der Waals surface area contributed by atoms with Crippen molar-refractivity contribution in [3.05, 3.63) is 23.4 Å². The first-order valence-electron chi connectivity index (χ1n) is 6.07. The molecule has 1 fully saturated rings. The van der Waals surface area contributed by atoms with E-state index in [-0.39, 0.29) is 0 Å². The molecule has 0 spiro atoms. The van der Waals surface area contributed by atoms with Crippen molar-refractivity contribution in [3.8, 4) is 0 Å². The summed E-state index contributed by atoms with van der Waals surface area (Å²) in [4.78, 5) is 4.09. The lowest BCUT2D eigenvalue weighted by Crippen LogP contribution is -2.39. The topological polar surface area (TPSA) is 68.4 Å². The largest absolute Gasteiger partial charge is 0.385 e.